The van der Waals surface area contributed by atoms with Crippen molar-refractivity contribution in [3.63, 3.8) is 0 Å². The number of benzene rings is 1. The van der Waals surface area contributed by atoms with Gasteiger partial charge in [-0.2, -0.15) is 0 Å². The molecule has 20 heavy (non-hydrogen) atoms. The van der Waals surface area contributed by atoms with Gasteiger partial charge in [-0.05, 0) is 32.0 Å². The molecule has 1 N–H and O–H groups in total. The van der Waals surface area contributed by atoms with E-state index >= 15 is 0 Å². The minimum atomic E-state index is -1.03. The van der Waals surface area contributed by atoms with Gasteiger partial charge in [0.15, 0.2) is 17.3 Å². The second-order valence-electron chi connectivity index (χ2n) is 3.96. The van der Waals surface area contributed by atoms with Gasteiger partial charge in [-0.15, -0.1) is 0 Å². The third kappa shape index (κ3) is 4.52. The first-order valence-electron chi connectivity index (χ1n) is 6.29. The lowest BCUT2D eigenvalue weighted by atomic mass is 10.1. The Morgan fingerprint density at radius 1 is 1.20 bits per heavy atom. The maximum absolute atomic E-state index is 12.1. The molecule has 1 unspecified atom stereocenters. The summed E-state index contributed by atoms with van der Waals surface area (Å²) < 4.78 is 10.8. The fourth-order valence-corrected chi connectivity index (χ4v) is 2.17. The minimum Gasteiger partial charge on any atom is -0.490 e. The average Bonchev–Trinajstić information content (AvgIpc) is 2.39. The molecule has 6 heteroatoms. The van der Waals surface area contributed by atoms with E-state index in [-0.39, 0.29) is 12.2 Å². The van der Waals surface area contributed by atoms with Crippen molar-refractivity contribution in [3.05, 3.63) is 23.8 Å². The predicted molar refractivity (Wildman–Crippen MR) is 78.1 cm³/mol. The van der Waals surface area contributed by atoms with Gasteiger partial charge in [-0.1, -0.05) is 15.9 Å². The van der Waals surface area contributed by atoms with Crippen molar-refractivity contribution in [1.29, 1.82) is 0 Å². The number of aliphatic carboxylic acids is 1. The van der Waals surface area contributed by atoms with Crippen LogP contribution in [-0.4, -0.2) is 34.9 Å². The van der Waals surface area contributed by atoms with Crippen molar-refractivity contribution < 1.29 is 24.2 Å². The molecule has 0 fully saturated rings. The van der Waals surface area contributed by atoms with Crippen molar-refractivity contribution >= 4 is 27.7 Å². The van der Waals surface area contributed by atoms with Crippen LogP contribution in [0.4, 0.5) is 0 Å². The van der Waals surface area contributed by atoms with E-state index in [0.29, 0.717) is 30.3 Å². The van der Waals surface area contributed by atoms with Crippen LogP contribution >= 0.6 is 15.9 Å². The van der Waals surface area contributed by atoms with Gasteiger partial charge in [0.05, 0.1) is 24.5 Å². The Hall–Kier alpha value is -1.56. The molecule has 1 rings (SSSR count). The number of hydrogen-bond acceptors (Lipinski definition) is 4. The summed E-state index contributed by atoms with van der Waals surface area (Å²) in [6.45, 7) is 4.64. The molecule has 1 aromatic carbocycles. The summed E-state index contributed by atoms with van der Waals surface area (Å²) in [6, 6.07) is 4.83. The largest absolute Gasteiger partial charge is 0.490 e. The summed E-state index contributed by atoms with van der Waals surface area (Å²) in [5, 5.41) is 8.71. The first-order chi connectivity index (χ1) is 9.49. The second kappa shape index (κ2) is 7.89. The molecule has 0 spiro atoms. The topological polar surface area (TPSA) is 72.8 Å². The quantitative estimate of drug-likeness (QED) is 0.579. The van der Waals surface area contributed by atoms with Gasteiger partial charge in [0.25, 0.3) is 0 Å². The highest BCUT2D eigenvalue weighted by Gasteiger charge is 2.21. The average molecular weight is 345 g/mol. The number of carbonyl (C=O) groups excluding carboxylic acids is 1. The van der Waals surface area contributed by atoms with Gasteiger partial charge < -0.3 is 14.6 Å². The number of carboxylic acid groups (broad SMARTS) is 1. The maximum Gasteiger partial charge on any atom is 0.304 e. The highest BCUT2D eigenvalue weighted by Crippen LogP contribution is 2.29. The van der Waals surface area contributed by atoms with E-state index in [4.69, 9.17) is 14.6 Å². The van der Waals surface area contributed by atoms with Gasteiger partial charge >= 0.3 is 5.97 Å². The summed E-state index contributed by atoms with van der Waals surface area (Å²) in [4.78, 5) is 22.0. The van der Waals surface area contributed by atoms with Gasteiger partial charge in [0.2, 0.25) is 0 Å². The molecular formula is C14H17BrO5. The Kier molecular flexibility index (Phi) is 6.51. The number of Topliss-reactive ketones (excluding diaryl/α,β-unsaturated/α-hetero) is 1. The van der Waals surface area contributed by atoms with E-state index in [1.165, 1.54) is 0 Å². The summed E-state index contributed by atoms with van der Waals surface area (Å²) >= 11 is 3.09. The molecule has 5 nitrogen and oxygen atoms in total. The molecule has 0 saturated carbocycles. The summed E-state index contributed by atoms with van der Waals surface area (Å²) in [5.74, 6) is -0.280. The number of ketones is 1. The van der Waals surface area contributed by atoms with Crippen LogP contribution in [0.5, 0.6) is 11.5 Å². The zero-order valence-electron chi connectivity index (χ0n) is 11.4. The van der Waals surface area contributed by atoms with Crippen molar-refractivity contribution in [1.82, 2.24) is 0 Å². The lowest BCUT2D eigenvalue weighted by Crippen LogP contribution is -2.18. The molecule has 0 amide bonds. The van der Waals surface area contributed by atoms with Crippen LogP contribution in [0.15, 0.2) is 18.2 Å². The van der Waals surface area contributed by atoms with Crippen LogP contribution in [0.1, 0.15) is 30.6 Å². The zero-order chi connectivity index (χ0) is 15.1. The predicted octanol–water partition coefficient (Wildman–Crippen LogP) is 2.90. The van der Waals surface area contributed by atoms with Crippen LogP contribution in [0.2, 0.25) is 0 Å². The number of rotatable bonds is 8. The number of carbonyl (C=O) groups is 2. The number of alkyl halides is 1. The van der Waals surface area contributed by atoms with Crippen LogP contribution in [0.3, 0.4) is 0 Å². The summed E-state index contributed by atoms with van der Waals surface area (Å²) in [6.07, 6.45) is -0.268. The van der Waals surface area contributed by atoms with Gasteiger partial charge in [-0.25, -0.2) is 0 Å². The van der Waals surface area contributed by atoms with Crippen LogP contribution in [-0.2, 0) is 4.79 Å². The van der Waals surface area contributed by atoms with E-state index in [0.717, 1.165) is 0 Å². The number of carboxylic acids is 1. The highest BCUT2D eigenvalue weighted by atomic mass is 79.9. The number of ether oxygens (including phenoxy) is 2. The summed E-state index contributed by atoms with van der Waals surface area (Å²) in [5.41, 5.74) is 0.389. The van der Waals surface area contributed by atoms with E-state index in [2.05, 4.69) is 15.9 Å². The Morgan fingerprint density at radius 3 is 2.35 bits per heavy atom. The van der Waals surface area contributed by atoms with E-state index in [9.17, 15) is 9.59 Å². The smallest absolute Gasteiger partial charge is 0.304 e. The number of halogens is 1. The highest BCUT2D eigenvalue weighted by molar-refractivity contribution is 9.10. The lowest BCUT2D eigenvalue weighted by Gasteiger charge is -2.13. The van der Waals surface area contributed by atoms with E-state index in [1.807, 2.05) is 13.8 Å². The molecule has 0 aliphatic carbocycles. The van der Waals surface area contributed by atoms with Crippen LogP contribution in [0, 0.1) is 0 Å². The van der Waals surface area contributed by atoms with Crippen LogP contribution < -0.4 is 9.47 Å². The minimum absolute atomic E-state index is 0.268. The molecule has 0 saturated heterocycles. The molecule has 1 atom stereocenters. The molecule has 1 aromatic rings. The van der Waals surface area contributed by atoms with E-state index in [1.54, 1.807) is 18.2 Å². The zero-order valence-corrected chi connectivity index (χ0v) is 13.0. The van der Waals surface area contributed by atoms with Crippen LogP contribution in [0.25, 0.3) is 0 Å². The first kappa shape index (κ1) is 16.5. The van der Waals surface area contributed by atoms with Gasteiger partial charge in [0.1, 0.15) is 0 Å². The van der Waals surface area contributed by atoms with E-state index < -0.39 is 10.8 Å². The molecule has 0 radical (unpaired) electrons. The monoisotopic (exact) mass is 344 g/mol. The molecule has 0 aliphatic rings. The van der Waals surface area contributed by atoms with Crippen molar-refractivity contribution in [2.75, 3.05) is 13.2 Å². The molecule has 0 aromatic heterocycles. The molecule has 0 bridgehead atoms. The number of hydrogen-bond donors (Lipinski definition) is 1. The SMILES string of the molecule is CCOc1ccc(C(=O)C(Br)CC(=O)O)cc1OCC. The summed E-state index contributed by atoms with van der Waals surface area (Å²) in [7, 11) is 0. The Labute approximate surface area is 126 Å². The third-order valence-electron chi connectivity index (χ3n) is 2.47. The van der Waals surface area contributed by atoms with Gasteiger partial charge in [-0.3, -0.25) is 9.59 Å². The fourth-order valence-electron chi connectivity index (χ4n) is 1.63. The third-order valence-corrected chi connectivity index (χ3v) is 3.21. The molecule has 0 aliphatic heterocycles. The lowest BCUT2D eigenvalue weighted by molar-refractivity contribution is -0.136. The standard InChI is InChI=1S/C14H17BrO5/c1-3-19-11-6-5-9(7-12(11)20-4-2)14(18)10(15)8-13(16)17/h5-7,10H,3-4,8H2,1-2H3,(H,16,17). The fraction of sp³-hybridized carbons (Fsp3) is 0.429. The van der Waals surface area contributed by atoms with Crippen molar-refractivity contribution in [2.24, 2.45) is 0 Å². The van der Waals surface area contributed by atoms with Crippen molar-refractivity contribution in [3.8, 4) is 11.5 Å². The Balaban J connectivity index is 2.98. The Bertz CT molecular complexity index is 486. The first-order valence-corrected chi connectivity index (χ1v) is 7.20. The van der Waals surface area contributed by atoms with Gasteiger partial charge in [0, 0.05) is 5.56 Å². The normalized spacial score (nSPS) is 11.8. The molecular weight excluding hydrogens is 328 g/mol. The van der Waals surface area contributed by atoms with Crippen molar-refractivity contribution in [2.45, 2.75) is 25.1 Å². The maximum atomic E-state index is 12.1. The Morgan fingerprint density at radius 2 is 1.80 bits per heavy atom. The second-order valence-corrected chi connectivity index (χ2v) is 5.06. The molecule has 110 valence electrons. The molecule has 0 heterocycles.